The van der Waals surface area contributed by atoms with Crippen LogP contribution in [0.3, 0.4) is 0 Å². The molecule has 1 saturated heterocycles. The number of benzene rings is 1. The molecule has 0 radical (unpaired) electrons. The number of aryl methyl sites for hydroxylation is 1. The van der Waals surface area contributed by atoms with Gasteiger partial charge in [0.05, 0.1) is 11.1 Å². The predicted octanol–water partition coefficient (Wildman–Crippen LogP) is 2.34. The number of carbonyl (C=O) groups is 2. The highest BCUT2D eigenvalue weighted by molar-refractivity contribution is 6.31. The van der Waals surface area contributed by atoms with Crippen molar-refractivity contribution in [1.29, 1.82) is 0 Å². The molecular weight excluding hydrogens is 375 g/mol. The lowest BCUT2D eigenvalue weighted by molar-refractivity contribution is -0.161. The highest BCUT2D eigenvalue weighted by atomic mass is 35.5. The minimum absolute atomic E-state index is 0.0844. The van der Waals surface area contributed by atoms with Crippen LogP contribution in [0.25, 0.3) is 0 Å². The molecule has 1 amide bonds. The summed E-state index contributed by atoms with van der Waals surface area (Å²) in [7, 11) is 1.68. The lowest BCUT2D eigenvalue weighted by Crippen LogP contribution is -2.58. The first-order valence-corrected chi connectivity index (χ1v) is 8.88. The average molecular weight is 395 g/mol. The molecule has 144 valence electrons. The Morgan fingerprint density at radius 1 is 1.37 bits per heavy atom. The number of amides is 1. The van der Waals surface area contributed by atoms with E-state index in [2.05, 4.69) is 0 Å². The summed E-state index contributed by atoms with van der Waals surface area (Å²) in [6.45, 7) is 0.0443. The Morgan fingerprint density at radius 3 is 2.70 bits per heavy atom. The van der Waals surface area contributed by atoms with E-state index in [4.69, 9.17) is 11.6 Å². The average Bonchev–Trinajstić information content (AvgIpc) is 2.94. The molecule has 1 fully saturated rings. The van der Waals surface area contributed by atoms with Gasteiger partial charge in [-0.3, -0.25) is 9.59 Å². The van der Waals surface area contributed by atoms with Crippen molar-refractivity contribution >= 4 is 23.5 Å². The molecule has 3 rings (SSSR count). The summed E-state index contributed by atoms with van der Waals surface area (Å²) in [6, 6.07) is 7.13. The molecule has 0 bridgehead atoms. The number of carbonyl (C=O) groups excluding carboxylic acids is 1. The van der Waals surface area contributed by atoms with E-state index in [1.54, 1.807) is 23.9 Å². The summed E-state index contributed by atoms with van der Waals surface area (Å²) in [4.78, 5) is 26.4. The zero-order valence-corrected chi connectivity index (χ0v) is 15.5. The number of carboxylic acid groups (broad SMARTS) is 1. The normalized spacial score (nSPS) is 22.7. The van der Waals surface area contributed by atoms with Crippen molar-refractivity contribution in [3.05, 3.63) is 58.6 Å². The van der Waals surface area contributed by atoms with Crippen molar-refractivity contribution in [2.24, 2.45) is 12.5 Å². The zero-order chi connectivity index (χ0) is 19.8. The number of aromatic nitrogens is 1. The molecule has 1 aliphatic rings. The van der Waals surface area contributed by atoms with Gasteiger partial charge in [-0.1, -0.05) is 23.7 Å². The van der Waals surface area contributed by atoms with Crippen molar-refractivity contribution in [2.75, 3.05) is 13.1 Å². The number of hydrogen-bond acceptors (Lipinski definition) is 3. The number of piperidine rings is 1. The molecule has 6 nitrogen and oxygen atoms in total. The maximum absolute atomic E-state index is 13.5. The standard InChI is InChI=1S/C19H20ClFN2O4/c1-22-10-13(20)8-15(22)17(25)23-6-5-16(24)19(11-23,18(26)27)9-12-3-2-4-14(21)7-12/h2-4,7-8,10,16,24H,5-6,9,11H2,1H3,(H,26,27)/t16-,19+/m0/s1. The maximum Gasteiger partial charge on any atom is 0.314 e. The Bertz CT molecular complexity index is 884. The topological polar surface area (TPSA) is 82.8 Å². The van der Waals surface area contributed by atoms with E-state index in [0.717, 1.165) is 0 Å². The lowest BCUT2D eigenvalue weighted by atomic mass is 9.72. The second-order valence-corrected chi connectivity index (χ2v) is 7.39. The van der Waals surface area contributed by atoms with Gasteiger partial charge < -0.3 is 19.7 Å². The summed E-state index contributed by atoms with van der Waals surface area (Å²) in [5.74, 6) is -2.06. The number of carboxylic acids is 1. The molecule has 2 aromatic rings. The minimum Gasteiger partial charge on any atom is -0.481 e. The summed E-state index contributed by atoms with van der Waals surface area (Å²) >= 11 is 5.94. The number of nitrogens with zero attached hydrogens (tertiary/aromatic N) is 2. The smallest absolute Gasteiger partial charge is 0.314 e. The lowest BCUT2D eigenvalue weighted by Gasteiger charge is -2.43. The molecule has 2 atom stereocenters. The molecule has 0 aliphatic carbocycles. The van der Waals surface area contributed by atoms with E-state index < -0.39 is 23.3 Å². The Balaban J connectivity index is 1.92. The molecule has 2 N–H and O–H groups in total. The fourth-order valence-electron chi connectivity index (χ4n) is 3.62. The molecule has 1 aromatic heterocycles. The summed E-state index contributed by atoms with van der Waals surface area (Å²) in [5.41, 5.74) is -0.828. The van der Waals surface area contributed by atoms with Crippen LogP contribution in [0.5, 0.6) is 0 Å². The monoisotopic (exact) mass is 394 g/mol. The predicted molar refractivity (Wildman–Crippen MR) is 97.1 cm³/mol. The fraction of sp³-hybridized carbons (Fsp3) is 0.368. The van der Waals surface area contributed by atoms with Gasteiger partial charge in [0.25, 0.3) is 5.91 Å². The van der Waals surface area contributed by atoms with Gasteiger partial charge in [-0.15, -0.1) is 0 Å². The second kappa shape index (κ2) is 7.32. The van der Waals surface area contributed by atoms with Gasteiger partial charge in [0.2, 0.25) is 0 Å². The Morgan fingerprint density at radius 2 is 2.11 bits per heavy atom. The zero-order valence-electron chi connectivity index (χ0n) is 14.7. The fourth-order valence-corrected chi connectivity index (χ4v) is 3.87. The van der Waals surface area contributed by atoms with Crippen LogP contribution in [0.2, 0.25) is 5.02 Å². The molecule has 1 aliphatic heterocycles. The number of rotatable bonds is 4. The number of hydrogen-bond donors (Lipinski definition) is 2. The van der Waals surface area contributed by atoms with E-state index in [1.165, 1.54) is 29.2 Å². The van der Waals surface area contributed by atoms with Crippen LogP contribution in [-0.2, 0) is 18.3 Å². The van der Waals surface area contributed by atoms with E-state index in [-0.39, 0.29) is 31.8 Å². The first-order valence-electron chi connectivity index (χ1n) is 8.50. The SMILES string of the molecule is Cn1cc(Cl)cc1C(=O)N1CC[C@H](O)[C@](Cc2cccc(F)c2)(C(=O)O)C1. The molecular formula is C19H20ClFN2O4. The van der Waals surface area contributed by atoms with Gasteiger partial charge in [-0.05, 0) is 36.6 Å². The first kappa shape index (κ1) is 19.4. The largest absolute Gasteiger partial charge is 0.481 e. The number of aliphatic hydroxyl groups is 1. The van der Waals surface area contributed by atoms with Gasteiger partial charge in [-0.25, -0.2) is 4.39 Å². The van der Waals surface area contributed by atoms with E-state index in [0.29, 0.717) is 16.3 Å². The molecule has 0 spiro atoms. The Kier molecular flexibility index (Phi) is 5.26. The highest BCUT2D eigenvalue weighted by Gasteiger charge is 2.50. The van der Waals surface area contributed by atoms with Crippen LogP contribution in [0.15, 0.2) is 36.5 Å². The summed E-state index contributed by atoms with van der Waals surface area (Å²) in [5, 5.41) is 20.8. The van der Waals surface area contributed by atoms with Crippen LogP contribution in [0, 0.1) is 11.2 Å². The summed E-state index contributed by atoms with van der Waals surface area (Å²) in [6.07, 6.45) is 0.467. The second-order valence-electron chi connectivity index (χ2n) is 6.95. The van der Waals surface area contributed by atoms with Gasteiger partial charge in [0, 0.05) is 26.3 Å². The van der Waals surface area contributed by atoms with Crippen LogP contribution in [0.1, 0.15) is 22.5 Å². The molecule has 1 aromatic carbocycles. The van der Waals surface area contributed by atoms with Crippen molar-refractivity contribution < 1.29 is 24.2 Å². The van der Waals surface area contributed by atoms with Crippen molar-refractivity contribution in [3.8, 4) is 0 Å². The first-order chi connectivity index (χ1) is 12.7. The summed E-state index contributed by atoms with van der Waals surface area (Å²) < 4.78 is 15.1. The number of likely N-dealkylation sites (tertiary alicyclic amines) is 1. The van der Waals surface area contributed by atoms with E-state index in [1.807, 2.05) is 0 Å². The van der Waals surface area contributed by atoms with Crippen molar-refractivity contribution in [1.82, 2.24) is 9.47 Å². The van der Waals surface area contributed by atoms with Crippen LogP contribution in [0.4, 0.5) is 4.39 Å². The molecule has 8 heteroatoms. The highest BCUT2D eigenvalue weighted by Crippen LogP contribution is 2.35. The number of aliphatic hydroxyl groups excluding tert-OH is 1. The third kappa shape index (κ3) is 3.70. The third-order valence-corrected chi connectivity index (χ3v) is 5.30. The number of aliphatic carboxylic acids is 1. The Hall–Kier alpha value is -2.38. The maximum atomic E-state index is 13.5. The van der Waals surface area contributed by atoms with Gasteiger partial charge in [-0.2, -0.15) is 0 Å². The van der Waals surface area contributed by atoms with E-state index >= 15 is 0 Å². The molecule has 2 heterocycles. The van der Waals surface area contributed by atoms with Crippen molar-refractivity contribution in [3.63, 3.8) is 0 Å². The quantitative estimate of drug-likeness (QED) is 0.833. The van der Waals surface area contributed by atoms with Crippen molar-refractivity contribution in [2.45, 2.75) is 18.9 Å². The Labute approximate surface area is 160 Å². The molecule has 27 heavy (non-hydrogen) atoms. The van der Waals surface area contributed by atoms with E-state index in [9.17, 15) is 24.2 Å². The van der Waals surface area contributed by atoms with Crippen LogP contribution < -0.4 is 0 Å². The van der Waals surface area contributed by atoms with Gasteiger partial charge >= 0.3 is 5.97 Å². The van der Waals surface area contributed by atoms with Crippen LogP contribution in [-0.4, -0.2) is 50.8 Å². The molecule has 0 saturated carbocycles. The van der Waals surface area contributed by atoms with Crippen LogP contribution >= 0.6 is 11.6 Å². The van der Waals surface area contributed by atoms with Gasteiger partial charge in [0.15, 0.2) is 0 Å². The minimum atomic E-state index is -1.61. The number of halogens is 2. The van der Waals surface area contributed by atoms with Gasteiger partial charge in [0.1, 0.15) is 16.9 Å². The molecule has 0 unspecified atom stereocenters. The third-order valence-electron chi connectivity index (χ3n) is 5.10.